The smallest absolute Gasteiger partial charge is 0.141 e. The lowest BCUT2D eigenvalue weighted by Crippen LogP contribution is -2.38. The molecule has 0 aliphatic carbocycles. The van der Waals surface area contributed by atoms with Crippen molar-refractivity contribution in [2.75, 3.05) is 19.0 Å². The highest BCUT2D eigenvalue weighted by Crippen LogP contribution is 2.36. The van der Waals surface area contributed by atoms with E-state index < -0.39 is 6.10 Å². The number of hydrogen-bond acceptors (Lipinski definition) is 5. The number of aryl methyl sites for hydroxylation is 1. The number of ether oxygens (including phenoxy) is 1. The first-order chi connectivity index (χ1) is 12.6. The highest BCUT2D eigenvalue weighted by atomic mass is 16.5. The maximum absolute atomic E-state index is 10.7. The van der Waals surface area contributed by atoms with Crippen LogP contribution in [0, 0.1) is 13.8 Å². The maximum atomic E-state index is 10.7. The Morgan fingerprint density at radius 1 is 1.11 bits per heavy atom. The fraction of sp³-hybridized carbons (Fsp3) is 0.455. The summed E-state index contributed by atoms with van der Waals surface area (Å²) in [6, 6.07) is 9.65. The van der Waals surface area contributed by atoms with E-state index in [0.29, 0.717) is 18.8 Å². The van der Waals surface area contributed by atoms with E-state index in [0.717, 1.165) is 28.0 Å². The summed E-state index contributed by atoms with van der Waals surface area (Å²) in [5.41, 5.74) is 4.08. The number of methoxy groups -OCH3 is 1. The zero-order valence-corrected chi connectivity index (χ0v) is 17.2. The van der Waals surface area contributed by atoms with Crippen molar-refractivity contribution < 1.29 is 14.9 Å². The molecule has 0 saturated carbocycles. The molecule has 148 valence electrons. The number of aromatic hydroxyl groups is 1. The van der Waals surface area contributed by atoms with Gasteiger partial charge in [-0.25, -0.2) is 0 Å². The molecular formula is C22H32N2O3. The number of nitrogens with one attached hydrogen (secondary N) is 2. The quantitative estimate of drug-likeness (QED) is 0.552. The fourth-order valence-electron chi connectivity index (χ4n) is 2.94. The van der Waals surface area contributed by atoms with Crippen molar-refractivity contribution in [2.24, 2.45) is 0 Å². The summed E-state index contributed by atoms with van der Waals surface area (Å²) in [7, 11) is 1.64. The third kappa shape index (κ3) is 5.62. The number of phenols is 1. The van der Waals surface area contributed by atoms with Crippen molar-refractivity contribution in [3.05, 3.63) is 52.6 Å². The Morgan fingerprint density at radius 2 is 1.74 bits per heavy atom. The number of phenolic OH excluding ortho intramolecular Hbond substituents is 1. The van der Waals surface area contributed by atoms with Crippen LogP contribution in [0.2, 0.25) is 0 Å². The van der Waals surface area contributed by atoms with Gasteiger partial charge in [-0.3, -0.25) is 0 Å². The van der Waals surface area contributed by atoms with Crippen LogP contribution in [0.1, 0.15) is 49.1 Å². The molecule has 0 bridgehead atoms. The van der Waals surface area contributed by atoms with Gasteiger partial charge in [0.25, 0.3) is 0 Å². The van der Waals surface area contributed by atoms with Gasteiger partial charge in [-0.05, 0) is 75.1 Å². The first kappa shape index (κ1) is 21.1. The third-order valence-corrected chi connectivity index (χ3v) is 4.60. The Morgan fingerprint density at radius 3 is 2.30 bits per heavy atom. The number of aliphatic hydroxyl groups excluding tert-OH is 1. The SMILES string of the molecule is COc1ccc(CNc2c(C)c(C(O)CNC(C)(C)C)cc(C)c2O)cc1. The fourth-order valence-corrected chi connectivity index (χ4v) is 2.94. The topological polar surface area (TPSA) is 73.8 Å². The first-order valence-electron chi connectivity index (χ1n) is 9.25. The molecule has 1 atom stereocenters. The standard InChI is InChI=1S/C22H32N2O3/c1-14-11-18(19(25)13-24-22(3,4)5)15(2)20(21(14)26)23-12-16-7-9-17(27-6)10-8-16/h7-11,19,23-26H,12-13H2,1-6H3. The van der Waals surface area contributed by atoms with Gasteiger partial charge >= 0.3 is 0 Å². The molecule has 0 aliphatic heterocycles. The molecule has 0 spiro atoms. The molecule has 0 saturated heterocycles. The average Bonchev–Trinajstić information content (AvgIpc) is 2.62. The van der Waals surface area contributed by atoms with Crippen LogP contribution < -0.4 is 15.4 Å². The number of anilines is 1. The molecule has 0 aliphatic rings. The minimum atomic E-state index is -0.648. The van der Waals surface area contributed by atoms with E-state index in [1.54, 1.807) is 7.11 Å². The molecule has 0 radical (unpaired) electrons. The molecule has 2 aromatic carbocycles. The Kier molecular flexibility index (Phi) is 6.73. The zero-order chi connectivity index (χ0) is 20.2. The molecule has 2 aromatic rings. The van der Waals surface area contributed by atoms with E-state index in [1.165, 1.54) is 0 Å². The van der Waals surface area contributed by atoms with Crippen LogP contribution in [0.3, 0.4) is 0 Å². The highest BCUT2D eigenvalue weighted by Gasteiger charge is 2.19. The van der Waals surface area contributed by atoms with Crippen molar-refractivity contribution >= 4 is 5.69 Å². The Hall–Kier alpha value is -2.24. The van der Waals surface area contributed by atoms with Crippen molar-refractivity contribution in [2.45, 2.75) is 52.8 Å². The van der Waals surface area contributed by atoms with Gasteiger partial charge in [-0.15, -0.1) is 0 Å². The minimum absolute atomic E-state index is 0.0731. The zero-order valence-electron chi connectivity index (χ0n) is 17.2. The van der Waals surface area contributed by atoms with Gasteiger partial charge in [0, 0.05) is 18.6 Å². The second-order valence-electron chi connectivity index (χ2n) is 7.98. The molecule has 0 aromatic heterocycles. The number of β-amino-alcohol motifs (C(OH)–C–C–N with tert-alkyl or cyclic N) is 1. The molecule has 5 heteroatoms. The van der Waals surface area contributed by atoms with Gasteiger partial charge in [-0.2, -0.15) is 0 Å². The van der Waals surface area contributed by atoms with Crippen LogP contribution >= 0.6 is 0 Å². The van der Waals surface area contributed by atoms with E-state index in [2.05, 4.69) is 31.4 Å². The predicted molar refractivity (Wildman–Crippen MR) is 111 cm³/mol. The van der Waals surface area contributed by atoms with Gasteiger partial charge in [0.1, 0.15) is 11.5 Å². The molecule has 0 fully saturated rings. The lowest BCUT2D eigenvalue weighted by molar-refractivity contribution is 0.162. The molecule has 4 N–H and O–H groups in total. The number of aliphatic hydroxyl groups is 1. The molecule has 27 heavy (non-hydrogen) atoms. The van der Waals surface area contributed by atoms with Crippen molar-refractivity contribution in [1.29, 1.82) is 0 Å². The van der Waals surface area contributed by atoms with E-state index in [1.807, 2.05) is 44.2 Å². The van der Waals surface area contributed by atoms with E-state index in [9.17, 15) is 10.2 Å². The predicted octanol–water partition coefficient (Wildman–Crippen LogP) is 4.05. The molecule has 0 heterocycles. The van der Waals surface area contributed by atoms with Gasteiger partial charge in [0.05, 0.1) is 18.9 Å². The van der Waals surface area contributed by atoms with E-state index in [4.69, 9.17) is 4.74 Å². The first-order valence-corrected chi connectivity index (χ1v) is 9.25. The summed E-state index contributed by atoms with van der Waals surface area (Å²) in [4.78, 5) is 0. The van der Waals surface area contributed by atoms with Gasteiger partial charge in [0.15, 0.2) is 0 Å². The summed E-state index contributed by atoms with van der Waals surface area (Å²) in [5, 5.41) is 27.8. The largest absolute Gasteiger partial charge is 0.505 e. The van der Waals surface area contributed by atoms with Crippen LogP contribution in [0.4, 0.5) is 5.69 Å². The lowest BCUT2D eigenvalue weighted by Gasteiger charge is -2.25. The van der Waals surface area contributed by atoms with E-state index >= 15 is 0 Å². The summed E-state index contributed by atoms with van der Waals surface area (Å²) in [6.45, 7) is 11.0. The minimum Gasteiger partial charge on any atom is -0.505 e. The van der Waals surface area contributed by atoms with Crippen LogP contribution in [-0.2, 0) is 6.54 Å². The molecular weight excluding hydrogens is 340 g/mol. The van der Waals surface area contributed by atoms with Gasteiger partial charge < -0.3 is 25.6 Å². The summed E-state index contributed by atoms with van der Waals surface area (Å²) >= 11 is 0. The van der Waals surface area contributed by atoms with Crippen LogP contribution in [-0.4, -0.2) is 29.4 Å². The van der Waals surface area contributed by atoms with E-state index in [-0.39, 0.29) is 11.3 Å². The second kappa shape index (κ2) is 8.63. The highest BCUT2D eigenvalue weighted by molar-refractivity contribution is 5.67. The van der Waals surface area contributed by atoms with Gasteiger partial charge in [-0.1, -0.05) is 12.1 Å². The van der Waals surface area contributed by atoms with Gasteiger partial charge in [0.2, 0.25) is 0 Å². The third-order valence-electron chi connectivity index (χ3n) is 4.60. The molecule has 2 rings (SSSR count). The van der Waals surface area contributed by atoms with Crippen LogP contribution in [0.25, 0.3) is 0 Å². The summed E-state index contributed by atoms with van der Waals surface area (Å²) in [6.07, 6.45) is -0.648. The lowest BCUT2D eigenvalue weighted by atomic mass is 9.96. The maximum Gasteiger partial charge on any atom is 0.141 e. The number of benzene rings is 2. The number of rotatable bonds is 7. The normalized spacial score (nSPS) is 12.7. The Labute approximate surface area is 162 Å². The van der Waals surface area contributed by atoms with Crippen LogP contribution in [0.5, 0.6) is 11.5 Å². The van der Waals surface area contributed by atoms with Crippen molar-refractivity contribution in [3.63, 3.8) is 0 Å². The molecule has 1 unspecified atom stereocenters. The van der Waals surface area contributed by atoms with Crippen LogP contribution in [0.15, 0.2) is 30.3 Å². The monoisotopic (exact) mass is 372 g/mol. The molecule has 0 amide bonds. The van der Waals surface area contributed by atoms with Crippen molar-refractivity contribution in [1.82, 2.24) is 5.32 Å². The summed E-state index contributed by atoms with van der Waals surface area (Å²) in [5.74, 6) is 1.03. The summed E-state index contributed by atoms with van der Waals surface area (Å²) < 4.78 is 5.18. The Bertz CT molecular complexity index is 765. The molecule has 5 nitrogen and oxygen atoms in total. The second-order valence-corrected chi connectivity index (χ2v) is 7.98. The Balaban J connectivity index is 2.21. The number of hydrogen-bond donors (Lipinski definition) is 4. The average molecular weight is 373 g/mol. The van der Waals surface area contributed by atoms with Crippen molar-refractivity contribution in [3.8, 4) is 11.5 Å².